The van der Waals surface area contributed by atoms with E-state index in [1.165, 1.54) is 12.5 Å². The summed E-state index contributed by atoms with van der Waals surface area (Å²) in [5.74, 6) is -1.04. The lowest BCUT2D eigenvalue weighted by molar-refractivity contribution is -0.125. The van der Waals surface area contributed by atoms with E-state index < -0.39 is 0 Å². The third-order valence-corrected chi connectivity index (χ3v) is 4.50. The van der Waals surface area contributed by atoms with Crippen LogP contribution in [0.4, 0.5) is 11.4 Å². The van der Waals surface area contributed by atoms with Gasteiger partial charge in [-0.15, -0.1) is 0 Å². The van der Waals surface area contributed by atoms with Crippen LogP contribution in [-0.2, 0) is 20.9 Å². The summed E-state index contributed by atoms with van der Waals surface area (Å²) in [7, 11) is 0. The number of amides is 3. The first-order chi connectivity index (χ1) is 12.9. The minimum absolute atomic E-state index is 0.0947. The topological polar surface area (TPSA) is 87.3 Å². The lowest BCUT2D eigenvalue weighted by Crippen LogP contribution is -2.27. The van der Waals surface area contributed by atoms with Gasteiger partial charge >= 0.3 is 0 Å². The highest BCUT2D eigenvalue weighted by Crippen LogP contribution is 2.39. The van der Waals surface area contributed by atoms with Gasteiger partial charge in [-0.3, -0.25) is 14.4 Å². The molecule has 1 aliphatic carbocycles. The highest BCUT2D eigenvalue weighted by atomic mass is 16.2. The molecule has 0 aromatic heterocycles. The van der Waals surface area contributed by atoms with Crippen LogP contribution in [0.25, 0.3) is 0 Å². The Kier molecular flexibility index (Phi) is 5.54. The van der Waals surface area contributed by atoms with E-state index in [4.69, 9.17) is 0 Å². The highest BCUT2D eigenvalue weighted by Gasteiger charge is 2.47. The minimum atomic E-state index is -0.313. The summed E-state index contributed by atoms with van der Waals surface area (Å²) >= 11 is 0. The molecule has 2 aromatic rings. The largest absolute Gasteiger partial charge is 0.352 e. The Labute approximate surface area is 158 Å². The Morgan fingerprint density at radius 3 is 2.22 bits per heavy atom. The standard InChI is InChI=1S/C21H23N3O3/c1-13-6-8-15(9-7-13)12-22-20(26)18-11-19(18)21(27)24-17-5-3-4-16(10-17)23-14(2)25/h3-10,18-19H,11-12H2,1-2H3,(H,22,26)(H,23,25)(H,24,27). The van der Waals surface area contributed by atoms with Crippen molar-refractivity contribution in [1.82, 2.24) is 5.32 Å². The van der Waals surface area contributed by atoms with Gasteiger partial charge in [-0.2, -0.15) is 0 Å². The first-order valence-electron chi connectivity index (χ1n) is 8.94. The number of aryl methyl sites for hydroxylation is 1. The van der Waals surface area contributed by atoms with E-state index in [1.807, 2.05) is 31.2 Å². The summed E-state index contributed by atoms with van der Waals surface area (Å²) in [6.45, 7) is 3.90. The molecular formula is C21H23N3O3. The molecule has 1 saturated carbocycles. The van der Waals surface area contributed by atoms with Crippen molar-refractivity contribution in [2.45, 2.75) is 26.8 Å². The maximum atomic E-state index is 12.4. The molecule has 27 heavy (non-hydrogen) atoms. The summed E-state index contributed by atoms with van der Waals surface area (Å²) in [6, 6.07) is 14.9. The van der Waals surface area contributed by atoms with Crippen molar-refractivity contribution in [2.75, 3.05) is 10.6 Å². The summed E-state index contributed by atoms with van der Waals surface area (Å²) < 4.78 is 0. The van der Waals surface area contributed by atoms with Gasteiger partial charge in [0.05, 0.1) is 11.8 Å². The number of hydrogen-bond donors (Lipinski definition) is 3. The summed E-state index contributed by atoms with van der Waals surface area (Å²) in [5, 5.41) is 8.38. The molecule has 0 heterocycles. The lowest BCUT2D eigenvalue weighted by atomic mass is 10.1. The third kappa shape index (κ3) is 5.17. The molecule has 2 aromatic carbocycles. The quantitative estimate of drug-likeness (QED) is 0.736. The van der Waals surface area contributed by atoms with Crippen molar-refractivity contribution in [3.8, 4) is 0 Å². The van der Waals surface area contributed by atoms with E-state index in [0.717, 1.165) is 5.56 Å². The molecule has 0 aliphatic heterocycles. The fourth-order valence-electron chi connectivity index (χ4n) is 2.91. The fraction of sp³-hybridized carbons (Fsp3) is 0.286. The van der Waals surface area contributed by atoms with Gasteiger partial charge in [0.2, 0.25) is 17.7 Å². The molecule has 6 nitrogen and oxygen atoms in total. The van der Waals surface area contributed by atoms with Gasteiger partial charge in [-0.05, 0) is 37.1 Å². The van der Waals surface area contributed by atoms with Gasteiger partial charge in [0, 0.05) is 24.8 Å². The Balaban J connectivity index is 1.49. The van der Waals surface area contributed by atoms with Gasteiger partial charge in [-0.25, -0.2) is 0 Å². The number of nitrogens with one attached hydrogen (secondary N) is 3. The monoisotopic (exact) mass is 365 g/mol. The summed E-state index contributed by atoms with van der Waals surface area (Å²) in [4.78, 5) is 35.7. The number of carbonyl (C=O) groups is 3. The van der Waals surface area contributed by atoms with Crippen molar-refractivity contribution < 1.29 is 14.4 Å². The molecule has 1 fully saturated rings. The van der Waals surface area contributed by atoms with Gasteiger partial charge in [0.1, 0.15) is 0 Å². The SMILES string of the molecule is CC(=O)Nc1cccc(NC(=O)C2CC2C(=O)NCc2ccc(C)cc2)c1. The first-order valence-corrected chi connectivity index (χ1v) is 8.94. The predicted molar refractivity (Wildman–Crippen MR) is 104 cm³/mol. The van der Waals surface area contributed by atoms with E-state index in [9.17, 15) is 14.4 Å². The van der Waals surface area contributed by atoms with E-state index in [2.05, 4.69) is 16.0 Å². The number of hydrogen-bond acceptors (Lipinski definition) is 3. The highest BCUT2D eigenvalue weighted by molar-refractivity contribution is 6.00. The molecule has 2 unspecified atom stereocenters. The zero-order valence-electron chi connectivity index (χ0n) is 15.4. The molecule has 0 saturated heterocycles. The molecule has 1 aliphatic rings. The van der Waals surface area contributed by atoms with Crippen molar-refractivity contribution >= 4 is 29.1 Å². The van der Waals surface area contributed by atoms with Gasteiger partial charge in [0.15, 0.2) is 0 Å². The summed E-state index contributed by atoms with van der Waals surface area (Å²) in [5.41, 5.74) is 3.41. The van der Waals surface area contributed by atoms with E-state index >= 15 is 0 Å². The van der Waals surface area contributed by atoms with Crippen LogP contribution in [0.5, 0.6) is 0 Å². The molecule has 3 rings (SSSR count). The summed E-state index contributed by atoms with van der Waals surface area (Å²) in [6.07, 6.45) is 0.553. The molecule has 0 radical (unpaired) electrons. The van der Waals surface area contributed by atoms with Gasteiger partial charge < -0.3 is 16.0 Å². The fourth-order valence-corrected chi connectivity index (χ4v) is 2.91. The normalized spacial score (nSPS) is 17.7. The zero-order valence-corrected chi connectivity index (χ0v) is 15.4. The van der Waals surface area contributed by atoms with Crippen molar-refractivity contribution in [3.05, 3.63) is 59.7 Å². The third-order valence-electron chi connectivity index (χ3n) is 4.50. The van der Waals surface area contributed by atoms with Crippen molar-refractivity contribution in [3.63, 3.8) is 0 Å². The average molecular weight is 365 g/mol. The molecule has 3 amide bonds. The van der Waals surface area contributed by atoms with Crippen LogP contribution in [0.15, 0.2) is 48.5 Å². The molecular weight excluding hydrogens is 342 g/mol. The second kappa shape index (κ2) is 8.03. The number of rotatable bonds is 6. The zero-order chi connectivity index (χ0) is 19.4. The number of carbonyl (C=O) groups excluding carboxylic acids is 3. The smallest absolute Gasteiger partial charge is 0.228 e. The average Bonchev–Trinajstić information content (AvgIpc) is 3.42. The van der Waals surface area contributed by atoms with Crippen LogP contribution in [-0.4, -0.2) is 17.7 Å². The Morgan fingerprint density at radius 1 is 0.926 bits per heavy atom. The predicted octanol–water partition coefficient (Wildman–Crippen LogP) is 2.84. The van der Waals surface area contributed by atoms with Crippen LogP contribution in [0.3, 0.4) is 0 Å². The van der Waals surface area contributed by atoms with Gasteiger partial charge in [0.25, 0.3) is 0 Å². The lowest BCUT2D eigenvalue weighted by Gasteiger charge is -2.08. The van der Waals surface area contributed by atoms with Crippen LogP contribution in [0.2, 0.25) is 0 Å². The molecule has 0 bridgehead atoms. The molecule has 2 atom stereocenters. The molecule has 3 N–H and O–H groups in total. The van der Waals surface area contributed by atoms with Crippen LogP contribution in [0, 0.1) is 18.8 Å². The maximum Gasteiger partial charge on any atom is 0.228 e. The van der Waals surface area contributed by atoms with E-state index in [1.54, 1.807) is 24.3 Å². The van der Waals surface area contributed by atoms with Gasteiger partial charge in [-0.1, -0.05) is 35.9 Å². The Hall–Kier alpha value is -3.15. The Bertz CT molecular complexity index is 861. The number of anilines is 2. The Morgan fingerprint density at radius 2 is 1.56 bits per heavy atom. The molecule has 140 valence electrons. The van der Waals surface area contributed by atoms with E-state index in [-0.39, 0.29) is 29.6 Å². The molecule has 6 heteroatoms. The van der Waals surface area contributed by atoms with Crippen molar-refractivity contribution in [1.29, 1.82) is 0 Å². The number of benzene rings is 2. The van der Waals surface area contributed by atoms with Crippen LogP contribution < -0.4 is 16.0 Å². The maximum absolute atomic E-state index is 12.4. The second-order valence-electron chi connectivity index (χ2n) is 6.90. The van der Waals surface area contributed by atoms with E-state index in [0.29, 0.717) is 24.3 Å². The molecule has 0 spiro atoms. The van der Waals surface area contributed by atoms with Crippen molar-refractivity contribution in [2.24, 2.45) is 11.8 Å². The second-order valence-corrected chi connectivity index (χ2v) is 6.90. The van der Waals surface area contributed by atoms with Crippen LogP contribution >= 0.6 is 0 Å². The first kappa shape index (κ1) is 18.6. The minimum Gasteiger partial charge on any atom is -0.352 e. The van der Waals surface area contributed by atoms with Crippen LogP contribution in [0.1, 0.15) is 24.5 Å².